The van der Waals surface area contributed by atoms with Gasteiger partial charge in [0.2, 0.25) is 11.0 Å². The van der Waals surface area contributed by atoms with Crippen LogP contribution in [0.25, 0.3) is 0 Å². The Morgan fingerprint density at radius 2 is 1.96 bits per heavy atom. The number of hydrogen-bond donors (Lipinski definition) is 1. The highest BCUT2D eigenvalue weighted by molar-refractivity contribution is 8.01. The summed E-state index contributed by atoms with van der Waals surface area (Å²) in [5, 5.41) is 12.4. The van der Waals surface area contributed by atoms with Gasteiger partial charge in [-0.15, -0.1) is 10.2 Å². The Morgan fingerprint density at radius 3 is 2.85 bits per heavy atom. The molecule has 0 spiro atoms. The van der Waals surface area contributed by atoms with Crippen LogP contribution in [0.2, 0.25) is 0 Å². The van der Waals surface area contributed by atoms with Crippen LogP contribution in [0.3, 0.4) is 0 Å². The molecule has 0 bridgehead atoms. The largest absolute Gasteiger partial charge is 0.339 e. The number of aromatic nitrogens is 2. The lowest BCUT2D eigenvalue weighted by Gasteiger charge is -2.44. The summed E-state index contributed by atoms with van der Waals surface area (Å²) >= 11 is 3.00. The van der Waals surface area contributed by atoms with Gasteiger partial charge < -0.3 is 10.2 Å². The van der Waals surface area contributed by atoms with E-state index >= 15 is 0 Å². The van der Waals surface area contributed by atoms with Crippen LogP contribution < -0.4 is 5.32 Å². The number of nitrogens with zero attached hydrogens (tertiary/aromatic N) is 3. The minimum absolute atomic E-state index is 0.263. The van der Waals surface area contributed by atoms with E-state index < -0.39 is 0 Å². The molecule has 7 heteroatoms. The molecule has 1 aliphatic heterocycles. The molecule has 4 rings (SSSR count). The number of nitrogens with one attached hydrogen (secondary N) is 1. The molecule has 0 radical (unpaired) electrons. The molecule has 1 aliphatic carbocycles. The third kappa shape index (κ3) is 4.20. The molecule has 2 atom stereocenters. The van der Waals surface area contributed by atoms with Gasteiger partial charge in [-0.1, -0.05) is 54.1 Å². The van der Waals surface area contributed by atoms with Crippen molar-refractivity contribution in [3.8, 4) is 0 Å². The average Bonchev–Trinajstić information content (AvgIpc) is 3.14. The summed E-state index contributed by atoms with van der Waals surface area (Å²) in [6, 6.07) is 10.4. The van der Waals surface area contributed by atoms with Crippen molar-refractivity contribution in [2.24, 2.45) is 5.92 Å². The van der Waals surface area contributed by atoms with Crippen molar-refractivity contribution in [2.75, 3.05) is 17.6 Å². The van der Waals surface area contributed by atoms with Crippen LogP contribution in [0, 0.1) is 5.92 Å². The lowest BCUT2D eigenvalue weighted by Crippen LogP contribution is -2.50. The highest BCUT2D eigenvalue weighted by Gasteiger charge is 2.35. The van der Waals surface area contributed by atoms with Gasteiger partial charge in [-0.2, -0.15) is 0 Å². The number of para-hydroxylation sites is 1. The molecular formula is C19H24N4OS2. The second-order valence-corrected chi connectivity index (χ2v) is 9.19. The number of amides is 1. The lowest BCUT2D eigenvalue weighted by atomic mass is 9.78. The third-order valence-electron chi connectivity index (χ3n) is 5.31. The molecule has 1 saturated heterocycles. The summed E-state index contributed by atoms with van der Waals surface area (Å²) in [5.41, 5.74) is 0.993. The zero-order valence-electron chi connectivity index (χ0n) is 14.8. The molecule has 1 amide bonds. The van der Waals surface area contributed by atoms with Crippen LogP contribution >= 0.6 is 23.1 Å². The molecule has 1 aromatic heterocycles. The van der Waals surface area contributed by atoms with E-state index in [9.17, 15) is 4.79 Å². The van der Waals surface area contributed by atoms with Gasteiger partial charge in [0.05, 0.1) is 5.75 Å². The molecule has 2 heterocycles. The van der Waals surface area contributed by atoms with Crippen molar-refractivity contribution in [1.82, 2.24) is 15.1 Å². The number of thioether (sulfide) groups is 1. The summed E-state index contributed by atoms with van der Waals surface area (Å²) in [6.45, 7) is 0.928. The van der Waals surface area contributed by atoms with E-state index in [1.165, 1.54) is 55.2 Å². The van der Waals surface area contributed by atoms with E-state index in [-0.39, 0.29) is 5.91 Å². The Bertz CT molecular complexity index is 734. The van der Waals surface area contributed by atoms with Crippen LogP contribution in [0.5, 0.6) is 0 Å². The quantitative estimate of drug-likeness (QED) is 0.761. The van der Waals surface area contributed by atoms with Crippen molar-refractivity contribution < 1.29 is 4.79 Å². The molecule has 2 fully saturated rings. The first-order valence-corrected chi connectivity index (χ1v) is 11.2. The predicted molar refractivity (Wildman–Crippen MR) is 107 cm³/mol. The minimum Gasteiger partial charge on any atom is -0.339 e. The predicted octanol–water partition coefficient (Wildman–Crippen LogP) is 4.56. The Labute approximate surface area is 162 Å². The van der Waals surface area contributed by atoms with Crippen molar-refractivity contribution in [2.45, 2.75) is 48.9 Å². The maximum atomic E-state index is 12.8. The minimum atomic E-state index is 0.263. The van der Waals surface area contributed by atoms with Gasteiger partial charge in [0.1, 0.15) is 0 Å². The molecule has 26 heavy (non-hydrogen) atoms. The summed E-state index contributed by atoms with van der Waals surface area (Å²) in [5.74, 6) is 1.46. The maximum absolute atomic E-state index is 12.8. The highest BCUT2D eigenvalue weighted by Crippen LogP contribution is 2.36. The lowest BCUT2D eigenvalue weighted by molar-refractivity contribution is -0.134. The first-order chi connectivity index (χ1) is 12.8. The molecule has 5 nitrogen and oxygen atoms in total. The van der Waals surface area contributed by atoms with E-state index in [4.69, 9.17) is 0 Å². The topological polar surface area (TPSA) is 58.1 Å². The summed E-state index contributed by atoms with van der Waals surface area (Å²) < 4.78 is 0.842. The van der Waals surface area contributed by atoms with Crippen LogP contribution in [-0.2, 0) is 4.79 Å². The number of benzene rings is 1. The van der Waals surface area contributed by atoms with Gasteiger partial charge in [-0.3, -0.25) is 4.79 Å². The Balaban J connectivity index is 1.31. The van der Waals surface area contributed by atoms with Gasteiger partial charge in [0.15, 0.2) is 4.34 Å². The fourth-order valence-corrected chi connectivity index (χ4v) is 5.76. The first kappa shape index (κ1) is 17.8. The first-order valence-electron chi connectivity index (χ1n) is 9.37. The van der Waals surface area contributed by atoms with Crippen molar-refractivity contribution >= 4 is 39.8 Å². The number of piperidine rings is 1. The van der Waals surface area contributed by atoms with Gasteiger partial charge in [-0.05, 0) is 43.7 Å². The normalized spacial score (nSPS) is 22.7. The second-order valence-electron chi connectivity index (χ2n) is 6.99. The number of rotatable bonds is 5. The fraction of sp³-hybridized carbons (Fsp3) is 0.526. The van der Waals surface area contributed by atoms with Crippen LogP contribution in [0.15, 0.2) is 34.7 Å². The number of carbonyl (C=O) groups is 1. The Kier molecular flexibility index (Phi) is 5.75. The molecule has 1 aromatic carbocycles. The Morgan fingerprint density at radius 1 is 1.15 bits per heavy atom. The van der Waals surface area contributed by atoms with E-state index in [2.05, 4.69) is 20.4 Å². The van der Waals surface area contributed by atoms with Gasteiger partial charge in [-0.25, -0.2) is 0 Å². The Hall–Kier alpha value is -1.60. The third-order valence-corrected chi connectivity index (χ3v) is 7.27. The van der Waals surface area contributed by atoms with Gasteiger partial charge >= 0.3 is 0 Å². The molecule has 2 aliphatic rings. The molecule has 2 aromatic rings. The number of anilines is 2. The van der Waals surface area contributed by atoms with E-state index in [1.807, 2.05) is 30.3 Å². The SMILES string of the molecule is O=C(CSc1nnc(Nc2ccccc2)s1)N1CCC[C@H]2CCCC[C@H]21. The van der Waals surface area contributed by atoms with Crippen LogP contribution in [0.1, 0.15) is 38.5 Å². The standard InChI is InChI=1S/C19H24N4OS2/c24-17(23-12-6-8-14-7-4-5-11-16(14)23)13-25-19-22-21-18(26-19)20-15-9-2-1-3-10-15/h1-3,9-10,14,16H,4-8,11-13H2,(H,20,21)/t14-,16-/m1/s1. The van der Waals surface area contributed by atoms with Crippen LogP contribution in [0.4, 0.5) is 10.8 Å². The second kappa shape index (κ2) is 8.39. The van der Waals surface area contributed by atoms with Crippen molar-refractivity contribution in [1.29, 1.82) is 0 Å². The molecule has 1 N–H and O–H groups in total. The fourth-order valence-electron chi connectivity index (χ4n) is 4.10. The number of likely N-dealkylation sites (tertiary alicyclic amines) is 1. The van der Waals surface area contributed by atoms with E-state index in [1.54, 1.807) is 0 Å². The van der Waals surface area contributed by atoms with E-state index in [0.29, 0.717) is 11.8 Å². The highest BCUT2D eigenvalue weighted by atomic mass is 32.2. The zero-order valence-corrected chi connectivity index (χ0v) is 16.4. The maximum Gasteiger partial charge on any atom is 0.233 e. The van der Waals surface area contributed by atoms with Gasteiger partial charge in [0.25, 0.3) is 0 Å². The van der Waals surface area contributed by atoms with Crippen molar-refractivity contribution in [3.05, 3.63) is 30.3 Å². The molecule has 138 valence electrons. The number of fused-ring (bicyclic) bond motifs is 1. The number of carbonyl (C=O) groups excluding carboxylic acids is 1. The van der Waals surface area contributed by atoms with E-state index in [0.717, 1.165) is 34.0 Å². The van der Waals surface area contributed by atoms with Crippen LogP contribution in [-0.4, -0.2) is 39.3 Å². The summed E-state index contributed by atoms with van der Waals surface area (Å²) in [7, 11) is 0. The monoisotopic (exact) mass is 388 g/mol. The zero-order chi connectivity index (χ0) is 17.8. The average molecular weight is 389 g/mol. The summed E-state index contributed by atoms with van der Waals surface area (Å²) in [6.07, 6.45) is 7.54. The van der Waals surface area contributed by atoms with Gasteiger partial charge in [0, 0.05) is 18.3 Å². The number of hydrogen-bond acceptors (Lipinski definition) is 6. The van der Waals surface area contributed by atoms with Crippen molar-refractivity contribution in [3.63, 3.8) is 0 Å². The molecule has 0 unspecified atom stereocenters. The smallest absolute Gasteiger partial charge is 0.233 e. The molecule has 1 saturated carbocycles. The molecular weight excluding hydrogens is 364 g/mol. The summed E-state index contributed by atoms with van der Waals surface area (Å²) in [4.78, 5) is 14.9.